The minimum Gasteiger partial charge on any atom is -0.489 e. The summed E-state index contributed by atoms with van der Waals surface area (Å²) in [4.78, 5) is 36.1. The summed E-state index contributed by atoms with van der Waals surface area (Å²) in [7, 11) is 0. The highest BCUT2D eigenvalue weighted by molar-refractivity contribution is 6.34. The average Bonchev–Trinajstić information content (AvgIpc) is 3.67. The number of hydrogen-bond acceptors (Lipinski definition) is 10. The highest BCUT2D eigenvalue weighted by Crippen LogP contribution is 2.43. The molecule has 4 heterocycles. The van der Waals surface area contributed by atoms with E-state index in [2.05, 4.69) is 13.8 Å². The maximum Gasteiger partial charge on any atom is 0.360 e. The molecule has 0 amide bonds. The number of nitrogens with two attached hydrogens (primary N) is 2. The number of anilines is 2. The van der Waals surface area contributed by atoms with Crippen LogP contribution < -0.4 is 20.9 Å². The smallest absolute Gasteiger partial charge is 0.360 e. The minimum atomic E-state index is -0.415. The van der Waals surface area contributed by atoms with E-state index in [9.17, 15) is 9.59 Å². The zero-order valence-corrected chi connectivity index (χ0v) is 31.3. The largest absolute Gasteiger partial charge is 0.489 e. The number of benzene rings is 2. The molecule has 2 unspecified atom stereocenters. The van der Waals surface area contributed by atoms with Gasteiger partial charge in [0, 0.05) is 50.1 Å². The van der Waals surface area contributed by atoms with Crippen molar-refractivity contribution in [2.75, 3.05) is 37.6 Å². The number of carbonyl (C=O) groups is 2. The molecule has 6 rings (SSSR count). The number of nitrogen functional groups attached to an aromatic ring is 2. The number of ether oxygens (including phenoxy) is 2. The van der Waals surface area contributed by atoms with Gasteiger partial charge in [-0.25, -0.2) is 9.59 Å². The summed E-state index contributed by atoms with van der Waals surface area (Å²) < 4.78 is 11.9. The number of rotatable bonds is 8. The van der Waals surface area contributed by atoms with Crippen LogP contribution in [0.1, 0.15) is 110 Å². The van der Waals surface area contributed by atoms with Gasteiger partial charge in [0.05, 0.1) is 21.4 Å². The summed E-state index contributed by atoms with van der Waals surface area (Å²) in [6, 6.07) is 3.13. The highest BCUT2D eigenvalue weighted by Gasteiger charge is 2.33. The molecule has 0 spiro atoms. The van der Waals surface area contributed by atoms with Gasteiger partial charge in [-0.15, -0.1) is 34.9 Å². The molecule has 15 heteroatoms. The first-order chi connectivity index (χ1) is 22.2. The molecule has 2 saturated heterocycles. The normalized spacial score (nSPS) is 19.6. The van der Waals surface area contributed by atoms with E-state index in [1.807, 2.05) is 0 Å². The second kappa shape index (κ2) is 19.9. The Labute approximate surface area is 311 Å². The maximum absolute atomic E-state index is 12.6. The molecule has 0 saturated carbocycles. The van der Waals surface area contributed by atoms with Crippen LogP contribution in [0.15, 0.2) is 12.1 Å². The first-order valence-corrected chi connectivity index (χ1v) is 17.4. The lowest BCUT2D eigenvalue weighted by molar-refractivity contribution is -0.120. The number of nitrogens with zero attached hydrogens (tertiary/aromatic N) is 2. The number of carbonyl (C=O) groups excluding carboxylic acids is 2. The van der Waals surface area contributed by atoms with Crippen molar-refractivity contribution in [2.45, 2.75) is 103 Å². The summed E-state index contributed by atoms with van der Waals surface area (Å²) in [6.07, 6.45) is 11.9. The molecule has 6 N–H and O–H groups in total. The van der Waals surface area contributed by atoms with Gasteiger partial charge in [-0.1, -0.05) is 62.7 Å². The molecule has 2 aromatic carbocycles. The Kier molecular flexibility index (Phi) is 17.3. The van der Waals surface area contributed by atoms with Crippen LogP contribution >= 0.6 is 48.0 Å². The molecule has 49 heavy (non-hydrogen) atoms. The van der Waals surface area contributed by atoms with Crippen LogP contribution in [0, 0.1) is 0 Å². The predicted octanol–water partition coefficient (Wildman–Crippen LogP) is 7.19. The van der Waals surface area contributed by atoms with Crippen LogP contribution in [0.25, 0.3) is 0 Å². The van der Waals surface area contributed by atoms with Crippen molar-refractivity contribution in [2.24, 2.45) is 0 Å². The van der Waals surface area contributed by atoms with E-state index in [4.69, 9.17) is 53.8 Å². The summed E-state index contributed by atoms with van der Waals surface area (Å²) in [5.41, 5.74) is 15.6. The van der Waals surface area contributed by atoms with Crippen LogP contribution in [0.3, 0.4) is 0 Å². The molecule has 0 aliphatic carbocycles. The van der Waals surface area contributed by atoms with Crippen LogP contribution in [-0.4, -0.2) is 65.9 Å². The number of halogens is 4. The molecule has 0 bridgehead atoms. The first-order valence-electron chi connectivity index (χ1n) is 16.7. The maximum atomic E-state index is 12.6. The molecule has 0 radical (unpaired) electrons. The summed E-state index contributed by atoms with van der Waals surface area (Å²) in [6.45, 7) is 7.31. The van der Waals surface area contributed by atoms with E-state index >= 15 is 0 Å². The molecule has 11 nitrogen and oxygen atoms in total. The van der Waals surface area contributed by atoms with Crippen LogP contribution in [0.5, 0.6) is 11.5 Å². The van der Waals surface area contributed by atoms with Gasteiger partial charge in [-0.05, 0) is 50.7 Å². The number of hydroxylamine groups is 4. The standard InChI is InChI=1S/2C17H23ClN2O3.2ClH.H2O/c2*1-2-6-11-9-12-15(19)14(18)10-13(16(12)22-11)17(21)23-20-7-4-3-5-8-20;;;/h2*10-11H,2-9,19H2,1H3;2*1H;1H2. The van der Waals surface area contributed by atoms with Gasteiger partial charge in [0.15, 0.2) is 0 Å². The molecule has 0 aromatic heterocycles. The van der Waals surface area contributed by atoms with Crippen molar-refractivity contribution in [1.82, 2.24) is 10.1 Å². The Hall–Kier alpha value is -2.38. The molecular weight excluding hydrogens is 718 g/mol. The van der Waals surface area contributed by atoms with Gasteiger partial charge in [0.25, 0.3) is 0 Å². The summed E-state index contributed by atoms with van der Waals surface area (Å²) in [5, 5.41) is 4.22. The monoisotopic (exact) mass is 766 g/mol. The fourth-order valence-electron chi connectivity index (χ4n) is 6.46. The predicted molar refractivity (Wildman–Crippen MR) is 198 cm³/mol. The van der Waals surface area contributed by atoms with Crippen molar-refractivity contribution >= 4 is 71.3 Å². The third-order valence-electron chi connectivity index (χ3n) is 8.89. The lowest BCUT2D eigenvalue weighted by atomic mass is 10.0. The zero-order valence-electron chi connectivity index (χ0n) is 28.2. The number of piperidine rings is 2. The zero-order chi connectivity index (χ0) is 32.8. The molecule has 276 valence electrons. The second-order valence-electron chi connectivity index (χ2n) is 12.5. The van der Waals surface area contributed by atoms with E-state index in [0.717, 1.165) is 88.7 Å². The molecular formula is C34H50Cl4N4O7. The molecule has 2 aromatic rings. The lowest BCUT2D eigenvalue weighted by Gasteiger charge is -2.25. The molecule has 2 fully saturated rings. The average molecular weight is 769 g/mol. The molecule has 4 aliphatic heterocycles. The Morgan fingerprint density at radius 1 is 0.714 bits per heavy atom. The van der Waals surface area contributed by atoms with E-state index < -0.39 is 11.9 Å². The van der Waals surface area contributed by atoms with Gasteiger partial charge in [0.2, 0.25) is 0 Å². The topological polar surface area (TPSA) is 161 Å². The third-order valence-corrected chi connectivity index (χ3v) is 9.52. The number of fused-ring (bicyclic) bond motifs is 2. The van der Waals surface area contributed by atoms with Gasteiger partial charge in [0.1, 0.15) is 34.8 Å². The summed E-state index contributed by atoms with van der Waals surface area (Å²) in [5.74, 6) is 0.268. The second-order valence-corrected chi connectivity index (χ2v) is 13.3. The molecule has 4 aliphatic rings. The first kappa shape index (κ1) is 42.8. The van der Waals surface area contributed by atoms with E-state index in [1.165, 1.54) is 12.8 Å². The van der Waals surface area contributed by atoms with E-state index in [-0.39, 0.29) is 42.5 Å². The van der Waals surface area contributed by atoms with Crippen molar-refractivity contribution in [3.05, 3.63) is 44.4 Å². The Morgan fingerprint density at radius 2 is 1.06 bits per heavy atom. The van der Waals surface area contributed by atoms with Gasteiger partial charge >= 0.3 is 11.9 Å². The van der Waals surface area contributed by atoms with Crippen molar-refractivity contribution in [1.29, 1.82) is 0 Å². The number of hydrogen-bond donors (Lipinski definition) is 2. The SMILES string of the molecule is CCCC1Cc2c(N)c(Cl)cc(C(=O)ON3CCCCC3)c2O1.CCCC1Cc2c(N)c(Cl)cc(C(=O)ON3CCCCC3)c2O1.Cl.Cl.O. The van der Waals surface area contributed by atoms with Crippen molar-refractivity contribution in [3.63, 3.8) is 0 Å². The molecule has 2 atom stereocenters. The van der Waals surface area contributed by atoms with Crippen molar-refractivity contribution in [3.8, 4) is 11.5 Å². The fraction of sp³-hybridized carbons (Fsp3) is 0.588. The van der Waals surface area contributed by atoms with Gasteiger partial charge in [-0.3, -0.25) is 0 Å². The van der Waals surface area contributed by atoms with E-state index in [1.54, 1.807) is 22.3 Å². The Morgan fingerprint density at radius 3 is 1.39 bits per heavy atom. The third kappa shape index (κ3) is 10.3. The van der Waals surface area contributed by atoms with E-state index in [0.29, 0.717) is 56.9 Å². The lowest BCUT2D eigenvalue weighted by Crippen LogP contribution is -2.32. The van der Waals surface area contributed by atoms with Crippen LogP contribution in [-0.2, 0) is 22.5 Å². The Balaban J connectivity index is 0.000000321. The highest BCUT2D eigenvalue weighted by atomic mass is 35.5. The quantitative estimate of drug-likeness (QED) is 0.263. The van der Waals surface area contributed by atoms with Crippen LogP contribution in [0.4, 0.5) is 11.4 Å². The van der Waals surface area contributed by atoms with Crippen LogP contribution in [0.2, 0.25) is 10.0 Å². The summed E-state index contributed by atoms with van der Waals surface area (Å²) >= 11 is 12.4. The van der Waals surface area contributed by atoms with Gasteiger partial charge < -0.3 is 36.1 Å². The minimum absolute atomic E-state index is 0. The van der Waals surface area contributed by atoms with Gasteiger partial charge in [-0.2, -0.15) is 0 Å². The Bertz CT molecular complexity index is 1320. The fourth-order valence-corrected chi connectivity index (χ4v) is 6.91. The van der Waals surface area contributed by atoms with Crippen molar-refractivity contribution < 1.29 is 34.2 Å².